The molecule has 3 N–H and O–H groups in total. The zero-order chi connectivity index (χ0) is 24.2. The van der Waals surface area contributed by atoms with Crippen LogP contribution in [-0.2, 0) is 0 Å². The number of rotatable bonds is 9. The van der Waals surface area contributed by atoms with E-state index in [2.05, 4.69) is 113 Å². The van der Waals surface area contributed by atoms with Gasteiger partial charge in [0.25, 0.3) is 0 Å². The number of benzene rings is 2. The minimum absolute atomic E-state index is 0.177. The monoisotopic (exact) mass is 452 g/mol. The van der Waals surface area contributed by atoms with Crippen LogP contribution in [0.3, 0.4) is 0 Å². The van der Waals surface area contributed by atoms with E-state index in [1.807, 2.05) is 0 Å². The predicted octanol–water partition coefficient (Wildman–Crippen LogP) is 5.15. The second-order valence-corrected chi connectivity index (χ2v) is 10.6. The Labute approximate surface area is 202 Å². The second-order valence-electron chi connectivity index (χ2n) is 10.6. The molecule has 4 nitrogen and oxygen atoms in total. The summed E-state index contributed by atoms with van der Waals surface area (Å²) in [5.74, 6) is 0.355. The standard InChI is InChI=1S/C29H45N3O/c1-8-9-10-11-20-29(33)21(2)27(23-12-16-25(17-13-23)31(4)5)30-28(22(29)3)24-14-18-26(19-15-24)32(6)7/h12-19,21-22,27-28,30,33H,8-11,20H2,1-7H3/p+1. The van der Waals surface area contributed by atoms with E-state index in [1.54, 1.807) is 0 Å². The fourth-order valence-electron chi connectivity index (χ4n) is 5.67. The summed E-state index contributed by atoms with van der Waals surface area (Å²) in [4.78, 5) is 4.28. The number of nitrogens with two attached hydrogens (primary N) is 1. The van der Waals surface area contributed by atoms with Crippen molar-refractivity contribution < 1.29 is 10.4 Å². The number of piperidine rings is 1. The van der Waals surface area contributed by atoms with E-state index < -0.39 is 5.60 Å². The second kappa shape index (κ2) is 10.9. The molecule has 1 aliphatic heterocycles. The molecule has 4 heteroatoms. The first-order valence-electron chi connectivity index (χ1n) is 12.8. The molecule has 33 heavy (non-hydrogen) atoms. The van der Waals surface area contributed by atoms with Gasteiger partial charge in [0.2, 0.25) is 0 Å². The van der Waals surface area contributed by atoms with Crippen LogP contribution in [0.5, 0.6) is 0 Å². The molecule has 4 unspecified atom stereocenters. The van der Waals surface area contributed by atoms with E-state index in [1.165, 1.54) is 41.8 Å². The minimum atomic E-state index is -0.682. The molecule has 1 fully saturated rings. The Morgan fingerprint density at radius 1 is 0.727 bits per heavy atom. The maximum absolute atomic E-state index is 12.2. The quantitative estimate of drug-likeness (QED) is 0.517. The number of hydrogen-bond acceptors (Lipinski definition) is 3. The van der Waals surface area contributed by atoms with Crippen LogP contribution in [-0.4, -0.2) is 38.9 Å². The first kappa shape index (κ1) is 25.6. The van der Waals surface area contributed by atoms with Crippen molar-refractivity contribution in [1.82, 2.24) is 0 Å². The number of aliphatic hydroxyl groups is 1. The van der Waals surface area contributed by atoms with Crippen LogP contribution in [0.25, 0.3) is 0 Å². The average molecular weight is 453 g/mol. The fourth-order valence-corrected chi connectivity index (χ4v) is 5.67. The summed E-state index contributed by atoms with van der Waals surface area (Å²) in [5.41, 5.74) is 4.35. The Kier molecular flexibility index (Phi) is 8.47. The highest BCUT2D eigenvalue weighted by Crippen LogP contribution is 2.45. The van der Waals surface area contributed by atoms with Crippen molar-refractivity contribution in [2.45, 2.75) is 70.6 Å². The zero-order valence-electron chi connectivity index (χ0n) is 21.9. The zero-order valence-corrected chi connectivity index (χ0v) is 21.9. The van der Waals surface area contributed by atoms with Gasteiger partial charge in [-0.1, -0.05) is 70.7 Å². The van der Waals surface area contributed by atoms with E-state index in [4.69, 9.17) is 0 Å². The summed E-state index contributed by atoms with van der Waals surface area (Å²) in [6, 6.07) is 18.3. The summed E-state index contributed by atoms with van der Waals surface area (Å²) >= 11 is 0. The topological polar surface area (TPSA) is 43.3 Å². The van der Waals surface area contributed by atoms with Crippen molar-refractivity contribution in [2.24, 2.45) is 11.8 Å². The lowest BCUT2D eigenvalue weighted by atomic mass is 9.64. The van der Waals surface area contributed by atoms with Gasteiger partial charge >= 0.3 is 0 Å². The minimum Gasteiger partial charge on any atom is -0.389 e. The van der Waals surface area contributed by atoms with Gasteiger partial charge in [0.1, 0.15) is 12.1 Å². The number of unbranched alkanes of at least 4 members (excludes halogenated alkanes) is 3. The molecule has 4 atom stereocenters. The van der Waals surface area contributed by atoms with Gasteiger partial charge in [0, 0.05) is 62.5 Å². The van der Waals surface area contributed by atoms with Gasteiger partial charge in [-0.2, -0.15) is 0 Å². The van der Waals surface area contributed by atoms with Crippen molar-refractivity contribution in [2.75, 3.05) is 38.0 Å². The van der Waals surface area contributed by atoms with Crippen molar-refractivity contribution in [3.63, 3.8) is 0 Å². The van der Waals surface area contributed by atoms with Crippen LogP contribution in [0.15, 0.2) is 48.5 Å². The molecular weight excluding hydrogens is 406 g/mol. The van der Waals surface area contributed by atoms with Gasteiger partial charge in [0.05, 0.1) is 5.60 Å². The summed E-state index contributed by atoms with van der Waals surface area (Å²) in [5, 5.41) is 14.7. The molecule has 0 aromatic heterocycles. The average Bonchev–Trinajstić information content (AvgIpc) is 2.81. The normalized spacial score (nSPS) is 27.4. The van der Waals surface area contributed by atoms with Gasteiger partial charge in [0.15, 0.2) is 0 Å². The molecule has 0 spiro atoms. The van der Waals surface area contributed by atoms with Crippen LogP contribution < -0.4 is 15.1 Å². The van der Waals surface area contributed by atoms with Gasteiger partial charge in [-0.05, 0) is 30.7 Å². The van der Waals surface area contributed by atoms with Crippen molar-refractivity contribution in [3.05, 3.63) is 59.7 Å². The van der Waals surface area contributed by atoms with E-state index in [-0.39, 0.29) is 23.9 Å². The Bertz CT molecular complexity index is 796. The molecule has 182 valence electrons. The highest BCUT2D eigenvalue weighted by atomic mass is 16.3. The van der Waals surface area contributed by atoms with Crippen molar-refractivity contribution >= 4 is 11.4 Å². The Morgan fingerprint density at radius 2 is 1.15 bits per heavy atom. The smallest absolute Gasteiger partial charge is 0.117 e. The molecule has 1 heterocycles. The first-order valence-corrected chi connectivity index (χ1v) is 12.8. The summed E-state index contributed by atoms with van der Waals surface area (Å²) in [7, 11) is 8.31. The fraction of sp³-hybridized carbons (Fsp3) is 0.586. The van der Waals surface area contributed by atoms with Crippen molar-refractivity contribution in [3.8, 4) is 0 Å². The Hall–Kier alpha value is -2.04. The molecular formula is C29H46N3O+. The van der Waals surface area contributed by atoms with E-state index >= 15 is 0 Å². The van der Waals surface area contributed by atoms with Crippen LogP contribution >= 0.6 is 0 Å². The largest absolute Gasteiger partial charge is 0.389 e. The number of anilines is 2. The third-order valence-corrected chi connectivity index (χ3v) is 8.09. The number of quaternary nitrogens is 1. The molecule has 1 aliphatic rings. The summed E-state index contributed by atoms with van der Waals surface area (Å²) < 4.78 is 0. The van der Waals surface area contributed by atoms with E-state index in [9.17, 15) is 5.11 Å². The highest BCUT2D eigenvalue weighted by Gasteiger charge is 2.53. The Morgan fingerprint density at radius 3 is 1.52 bits per heavy atom. The van der Waals surface area contributed by atoms with Gasteiger partial charge in [-0.15, -0.1) is 0 Å². The highest BCUT2D eigenvalue weighted by molar-refractivity contribution is 5.47. The SMILES string of the molecule is CCCCCCC1(O)C(C)C(c2ccc(N(C)C)cc2)[NH2+]C(c2ccc(N(C)C)cc2)C1C. The third-order valence-electron chi connectivity index (χ3n) is 8.09. The van der Waals surface area contributed by atoms with Crippen LogP contribution in [0.1, 0.15) is 76.1 Å². The molecule has 2 aromatic carbocycles. The summed E-state index contributed by atoms with van der Waals surface area (Å²) in [6.45, 7) is 6.78. The lowest BCUT2D eigenvalue weighted by Crippen LogP contribution is -2.93. The molecule has 0 aliphatic carbocycles. The molecule has 1 saturated heterocycles. The lowest BCUT2D eigenvalue weighted by Gasteiger charge is -2.49. The lowest BCUT2D eigenvalue weighted by molar-refractivity contribution is -0.764. The Balaban J connectivity index is 1.95. The van der Waals surface area contributed by atoms with Crippen LogP contribution in [0, 0.1) is 11.8 Å². The molecule has 0 bridgehead atoms. The van der Waals surface area contributed by atoms with E-state index in [0.717, 1.165) is 12.8 Å². The first-order chi connectivity index (χ1) is 15.7. The van der Waals surface area contributed by atoms with E-state index in [0.29, 0.717) is 0 Å². The number of hydrogen-bond donors (Lipinski definition) is 2. The van der Waals surface area contributed by atoms with Crippen LogP contribution in [0.2, 0.25) is 0 Å². The van der Waals surface area contributed by atoms with Crippen molar-refractivity contribution in [1.29, 1.82) is 0 Å². The molecule has 2 aromatic rings. The maximum Gasteiger partial charge on any atom is 0.117 e. The molecule has 3 rings (SSSR count). The third kappa shape index (κ3) is 5.55. The predicted molar refractivity (Wildman–Crippen MR) is 141 cm³/mol. The number of nitrogens with zero attached hydrogens (tertiary/aromatic N) is 2. The molecule has 0 radical (unpaired) electrons. The summed E-state index contributed by atoms with van der Waals surface area (Å²) in [6.07, 6.45) is 5.64. The maximum atomic E-state index is 12.2. The van der Waals surface area contributed by atoms with Gasteiger partial charge < -0.3 is 20.2 Å². The van der Waals surface area contributed by atoms with Gasteiger partial charge in [-0.25, -0.2) is 0 Å². The molecule has 0 saturated carbocycles. The van der Waals surface area contributed by atoms with Gasteiger partial charge in [-0.3, -0.25) is 0 Å². The van der Waals surface area contributed by atoms with Crippen LogP contribution in [0.4, 0.5) is 11.4 Å². The molecule has 0 amide bonds.